The summed E-state index contributed by atoms with van der Waals surface area (Å²) in [7, 11) is 0. The summed E-state index contributed by atoms with van der Waals surface area (Å²) >= 11 is 5.44. The molecular weight excluding hydrogens is 701 g/mol. The van der Waals surface area contributed by atoms with E-state index in [0.29, 0.717) is 0 Å². The maximum absolute atomic E-state index is 5.44. The van der Waals surface area contributed by atoms with Gasteiger partial charge in [-0.3, -0.25) is 0 Å². The van der Waals surface area contributed by atoms with Gasteiger partial charge >= 0.3 is 0 Å². The van der Waals surface area contributed by atoms with Gasteiger partial charge in [0, 0.05) is 50.5 Å². The molecule has 0 amide bonds. The van der Waals surface area contributed by atoms with Gasteiger partial charge < -0.3 is 0 Å². The summed E-state index contributed by atoms with van der Waals surface area (Å²) in [5.41, 5.74) is 13.0. The van der Waals surface area contributed by atoms with Gasteiger partial charge in [0.2, 0.25) is 0 Å². The van der Waals surface area contributed by atoms with E-state index in [-0.39, 0.29) is 0 Å². The van der Waals surface area contributed by atoms with E-state index in [4.69, 9.17) is 9.97 Å². The average molecular weight is 731 g/mol. The minimum absolute atomic E-state index is 0.961. The van der Waals surface area contributed by atoms with Crippen LogP contribution in [0.1, 0.15) is 22.8 Å². The Balaban J connectivity index is 1.39. The number of benzene rings is 4. The highest BCUT2D eigenvalue weighted by Gasteiger charge is 2.18. The lowest BCUT2D eigenvalue weighted by molar-refractivity contribution is 1.33. The third kappa shape index (κ3) is 5.89. The molecule has 0 atom stereocenters. The SMILES string of the molecule is C1=Cc2nc1c(-c1ccccc1)c1ccc(s1)c(-c1ccccc1)c1nc(c(-c3ccccc3)c3ccc(s3)c3ccc(s3)c2-c2ccccc2)C=C1. The molecule has 0 fully saturated rings. The van der Waals surface area contributed by atoms with Gasteiger partial charge in [-0.15, -0.1) is 34.0 Å². The van der Waals surface area contributed by atoms with E-state index in [1.165, 1.54) is 18.8 Å². The topological polar surface area (TPSA) is 25.8 Å². The van der Waals surface area contributed by atoms with E-state index in [1.807, 2.05) is 22.7 Å². The van der Waals surface area contributed by atoms with E-state index in [1.54, 1.807) is 11.3 Å². The molecule has 0 saturated carbocycles. The Hall–Kier alpha value is -5.98. The van der Waals surface area contributed by atoms with Crippen molar-refractivity contribution in [1.29, 1.82) is 0 Å². The number of aromatic nitrogens is 2. The van der Waals surface area contributed by atoms with E-state index in [2.05, 4.69) is 182 Å². The van der Waals surface area contributed by atoms with Crippen molar-refractivity contribution in [3.8, 4) is 44.5 Å². The van der Waals surface area contributed by atoms with Crippen LogP contribution in [0.4, 0.5) is 0 Å². The van der Waals surface area contributed by atoms with Crippen LogP contribution in [0, 0.1) is 0 Å². The first-order chi connectivity index (χ1) is 26.3. The van der Waals surface area contributed by atoms with Crippen molar-refractivity contribution in [3.63, 3.8) is 0 Å². The number of hydrogen-bond donors (Lipinski definition) is 0. The molecule has 53 heavy (non-hydrogen) atoms. The highest BCUT2D eigenvalue weighted by atomic mass is 32.1. The van der Waals surface area contributed by atoms with Crippen LogP contribution in [0.3, 0.4) is 0 Å². The minimum Gasteiger partial charge on any atom is -0.248 e. The molecular formula is C48H30N2S3. The summed E-state index contributed by atoms with van der Waals surface area (Å²) in [6.45, 7) is 0. The second-order valence-corrected chi connectivity index (χ2v) is 16.1. The molecule has 5 heteroatoms. The molecule has 0 spiro atoms. The van der Waals surface area contributed by atoms with Gasteiger partial charge in [-0.25, -0.2) is 9.97 Å². The number of fused-ring (bicyclic) bond motifs is 11. The van der Waals surface area contributed by atoms with Crippen molar-refractivity contribution >= 4 is 86.5 Å². The Bertz CT molecular complexity index is 2720. The summed E-state index contributed by atoms with van der Waals surface area (Å²) in [5, 5.41) is 0. The predicted octanol–water partition coefficient (Wildman–Crippen LogP) is 14.6. The van der Waals surface area contributed by atoms with E-state index >= 15 is 0 Å². The van der Waals surface area contributed by atoms with Crippen LogP contribution in [-0.4, -0.2) is 9.97 Å². The number of thiophene rings is 3. The summed E-state index contributed by atoms with van der Waals surface area (Å²) in [4.78, 5) is 10.9. The van der Waals surface area contributed by atoms with Gasteiger partial charge in [0.25, 0.3) is 0 Å². The van der Waals surface area contributed by atoms with Crippen LogP contribution in [0.5, 0.6) is 0 Å². The van der Waals surface area contributed by atoms with Crippen molar-refractivity contribution in [2.24, 2.45) is 0 Å². The van der Waals surface area contributed by atoms with Gasteiger partial charge in [0.1, 0.15) is 0 Å². The van der Waals surface area contributed by atoms with Crippen LogP contribution in [-0.2, 0) is 0 Å². The fourth-order valence-electron chi connectivity index (χ4n) is 7.18. The highest BCUT2D eigenvalue weighted by Crippen LogP contribution is 2.42. The molecule has 2 nitrogen and oxygen atoms in total. The monoisotopic (exact) mass is 730 g/mol. The molecule has 10 bridgehead atoms. The Morgan fingerprint density at radius 2 is 0.472 bits per heavy atom. The Labute approximate surface area is 319 Å². The molecule has 4 aromatic carbocycles. The smallest absolute Gasteiger partial charge is 0.0730 e. The molecule has 6 heterocycles. The van der Waals surface area contributed by atoms with Crippen molar-refractivity contribution in [3.05, 3.63) is 181 Å². The van der Waals surface area contributed by atoms with Crippen molar-refractivity contribution in [1.82, 2.24) is 9.97 Å². The van der Waals surface area contributed by atoms with Crippen LogP contribution in [0.15, 0.2) is 158 Å². The molecule has 2 aliphatic heterocycles. The first-order valence-electron chi connectivity index (χ1n) is 17.6. The average Bonchev–Trinajstić information content (AvgIpc) is 4.07. The molecule has 0 unspecified atom stereocenters. The minimum atomic E-state index is 0.961. The number of rotatable bonds is 4. The quantitative estimate of drug-likeness (QED) is 0.180. The fraction of sp³-hybridized carbons (Fsp3) is 0. The number of hydrogen-bond acceptors (Lipinski definition) is 5. The number of nitrogens with zero attached hydrogens (tertiary/aromatic N) is 2. The third-order valence-corrected chi connectivity index (χ3v) is 13.1. The lowest BCUT2D eigenvalue weighted by Crippen LogP contribution is -1.86. The molecule has 250 valence electrons. The first-order valence-corrected chi connectivity index (χ1v) is 20.0. The summed E-state index contributed by atoms with van der Waals surface area (Å²) in [6, 6.07) is 56.3. The predicted molar refractivity (Wildman–Crippen MR) is 232 cm³/mol. The van der Waals surface area contributed by atoms with Gasteiger partial charge in [-0.2, -0.15) is 0 Å². The first kappa shape index (κ1) is 31.7. The van der Waals surface area contributed by atoms with Crippen LogP contribution >= 0.6 is 34.0 Å². The van der Waals surface area contributed by atoms with Gasteiger partial charge in [-0.05, 0) is 83.0 Å². The van der Waals surface area contributed by atoms with Crippen molar-refractivity contribution in [2.75, 3.05) is 0 Å². The van der Waals surface area contributed by atoms with Crippen LogP contribution in [0.25, 0.3) is 97.0 Å². The molecule has 8 aromatic rings. The maximum Gasteiger partial charge on any atom is 0.0730 e. The summed E-state index contributed by atoms with van der Waals surface area (Å²) in [5.74, 6) is 0. The zero-order chi connectivity index (χ0) is 35.1. The summed E-state index contributed by atoms with van der Waals surface area (Å²) in [6.07, 6.45) is 8.75. The molecule has 0 N–H and O–H groups in total. The molecule has 0 radical (unpaired) electrons. The normalized spacial score (nSPS) is 12.0. The summed E-state index contributed by atoms with van der Waals surface area (Å²) < 4.78 is 7.19. The van der Waals surface area contributed by atoms with Gasteiger partial charge in [0.05, 0.1) is 22.8 Å². The molecule has 0 saturated heterocycles. The molecule has 0 aliphatic carbocycles. The molecule has 2 aliphatic rings. The van der Waals surface area contributed by atoms with E-state index in [9.17, 15) is 0 Å². The Morgan fingerprint density at radius 3 is 0.736 bits per heavy atom. The zero-order valence-electron chi connectivity index (χ0n) is 28.4. The Morgan fingerprint density at radius 1 is 0.245 bits per heavy atom. The third-order valence-electron chi connectivity index (χ3n) is 9.60. The molecule has 4 aromatic heterocycles. The second kappa shape index (κ2) is 13.5. The van der Waals surface area contributed by atoms with E-state index < -0.39 is 0 Å². The molecule has 10 rings (SSSR count). The van der Waals surface area contributed by atoms with Crippen LogP contribution < -0.4 is 0 Å². The highest BCUT2D eigenvalue weighted by molar-refractivity contribution is 7.31. The van der Waals surface area contributed by atoms with Crippen molar-refractivity contribution < 1.29 is 0 Å². The Kier molecular flexibility index (Phi) is 8.10. The second-order valence-electron chi connectivity index (χ2n) is 12.9. The van der Waals surface area contributed by atoms with E-state index in [0.717, 1.165) is 76.7 Å². The van der Waals surface area contributed by atoms with Crippen LogP contribution in [0.2, 0.25) is 0 Å². The largest absolute Gasteiger partial charge is 0.248 e. The maximum atomic E-state index is 5.44. The lowest BCUT2D eigenvalue weighted by atomic mass is 10.0. The van der Waals surface area contributed by atoms with Crippen molar-refractivity contribution in [2.45, 2.75) is 0 Å². The lowest BCUT2D eigenvalue weighted by Gasteiger charge is -2.05. The zero-order valence-corrected chi connectivity index (χ0v) is 30.9. The fourth-order valence-corrected chi connectivity index (χ4v) is 10.6. The van der Waals surface area contributed by atoms with Gasteiger partial charge in [-0.1, -0.05) is 121 Å². The standard InChI is InChI=1S/C48H30N2S3/c1-5-13-31(14-6-1)45-35-21-23-37(49-35)47(33-17-9-3-10-18-33)43-29-30-44(53-43)48(34-19-11-4-12-20-34)38-24-22-36(50-38)46(32-15-7-2-8-16-32)42-28-26-40(52-42)39-25-27-41(45)51-39/h1-30H. The van der Waals surface area contributed by atoms with Gasteiger partial charge in [0.15, 0.2) is 0 Å².